The Hall–Kier alpha value is -2.10. The number of nitrogens with one attached hydrogen (secondary N) is 2. The van der Waals surface area contributed by atoms with Crippen LogP contribution in [-0.4, -0.2) is 16.1 Å². The van der Waals surface area contributed by atoms with E-state index in [1.165, 1.54) is 22.3 Å². The predicted molar refractivity (Wildman–Crippen MR) is 83.6 cm³/mol. The molecule has 1 aromatic heterocycles. The van der Waals surface area contributed by atoms with Gasteiger partial charge in [0.2, 0.25) is 5.91 Å². The normalized spacial score (nSPS) is 17.5. The van der Waals surface area contributed by atoms with Gasteiger partial charge in [0, 0.05) is 23.6 Å². The van der Waals surface area contributed by atoms with Crippen LogP contribution in [0.15, 0.2) is 18.2 Å². The van der Waals surface area contributed by atoms with E-state index in [0.717, 1.165) is 18.5 Å². The number of nitrogens with zero attached hydrogens (tertiary/aromatic N) is 1. The molecule has 1 atom stereocenters. The Morgan fingerprint density at radius 3 is 2.90 bits per heavy atom. The molecule has 0 aliphatic carbocycles. The average Bonchev–Trinajstić information content (AvgIpc) is 2.84. The van der Waals surface area contributed by atoms with E-state index in [1.54, 1.807) is 0 Å². The first kappa shape index (κ1) is 13.9. The van der Waals surface area contributed by atoms with E-state index in [0.29, 0.717) is 12.2 Å². The molecule has 0 bridgehead atoms. The summed E-state index contributed by atoms with van der Waals surface area (Å²) in [5, 5.41) is 10.3. The van der Waals surface area contributed by atoms with Gasteiger partial charge in [0.25, 0.3) is 0 Å². The molecule has 3 rings (SSSR count). The number of hydrogen-bond donors (Lipinski definition) is 2. The van der Waals surface area contributed by atoms with Crippen molar-refractivity contribution in [3.63, 3.8) is 0 Å². The second-order valence-electron chi connectivity index (χ2n) is 5.88. The zero-order chi connectivity index (χ0) is 15.0. The number of rotatable bonds is 3. The molecule has 110 valence electrons. The third kappa shape index (κ3) is 2.46. The lowest BCUT2D eigenvalue weighted by atomic mass is 9.82. The fourth-order valence-corrected chi connectivity index (χ4v) is 3.17. The Balaban J connectivity index is 2.13. The maximum absolute atomic E-state index is 12.0. The molecule has 0 radical (unpaired) electrons. The van der Waals surface area contributed by atoms with E-state index in [1.807, 2.05) is 0 Å². The van der Waals surface area contributed by atoms with Gasteiger partial charge in [-0.25, -0.2) is 0 Å². The Morgan fingerprint density at radius 1 is 1.33 bits per heavy atom. The van der Waals surface area contributed by atoms with Crippen LogP contribution < -0.4 is 5.32 Å². The first-order valence-corrected chi connectivity index (χ1v) is 7.54. The molecule has 2 aromatic rings. The average molecular weight is 283 g/mol. The number of aromatic nitrogens is 2. The molecule has 0 saturated carbocycles. The van der Waals surface area contributed by atoms with Crippen molar-refractivity contribution in [3.8, 4) is 0 Å². The van der Waals surface area contributed by atoms with Crippen molar-refractivity contribution in [2.45, 2.75) is 46.0 Å². The minimum Gasteiger partial charge on any atom is -0.309 e. The molecule has 2 N–H and O–H groups in total. The fraction of sp³-hybridized carbons (Fsp3) is 0.412. The van der Waals surface area contributed by atoms with Crippen LogP contribution in [0.25, 0.3) is 0 Å². The van der Waals surface area contributed by atoms with Gasteiger partial charge in [-0.3, -0.25) is 9.89 Å². The summed E-state index contributed by atoms with van der Waals surface area (Å²) < 4.78 is 0. The van der Waals surface area contributed by atoms with Gasteiger partial charge in [-0.2, -0.15) is 5.10 Å². The fourth-order valence-electron chi connectivity index (χ4n) is 3.17. The summed E-state index contributed by atoms with van der Waals surface area (Å²) >= 11 is 0. The van der Waals surface area contributed by atoms with E-state index >= 15 is 0 Å². The third-order valence-electron chi connectivity index (χ3n) is 4.19. The smallest absolute Gasteiger partial charge is 0.226 e. The summed E-state index contributed by atoms with van der Waals surface area (Å²) in [6.45, 7) is 6.36. The molecule has 1 aromatic carbocycles. The van der Waals surface area contributed by atoms with Crippen molar-refractivity contribution in [2.24, 2.45) is 0 Å². The SMILES string of the molecule is CCCc1[nH]nc2c1[C@@H](c1cc(C)ccc1C)CC(=O)N2. The number of H-pyrrole nitrogens is 1. The lowest BCUT2D eigenvalue weighted by molar-refractivity contribution is -0.116. The molecular weight excluding hydrogens is 262 g/mol. The Labute approximate surface area is 125 Å². The number of aromatic amines is 1. The first-order chi connectivity index (χ1) is 10.1. The molecule has 0 saturated heterocycles. The van der Waals surface area contributed by atoms with E-state index in [-0.39, 0.29) is 11.8 Å². The molecule has 0 spiro atoms. The van der Waals surface area contributed by atoms with Crippen molar-refractivity contribution >= 4 is 11.7 Å². The minimum atomic E-state index is 0.0444. The lowest BCUT2D eigenvalue weighted by Crippen LogP contribution is -2.24. The van der Waals surface area contributed by atoms with Gasteiger partial charge in [0.05, 0.1) is 0 Å². The molecule has 1 aliphatic heterocycles. The van der Waals surface area contributed by atoms with E-state index in [2.05, 4.69) is 54.5 Å². The van der Waals surface area contributed by atoms with Crippen LogP contribution >= 0.6 is 0 Å². The van der Waals surface area contributed by atoms with Crippen molar-refractivity contribution < 1.29 is 4.79 Å². The highest BCUT2D eigenvalue weighted by Gasteiger charge is 2.31. The molecule has 0 fully saturated rings. The van der Waals surface area contributed by atoms with Crippen LogP contribution in [0.5, 0.6) is 0 Å². The summed E-state index contributed by atoms with van der Waals surface area (Å²) in [5.74, 6) is 0.859. The number of carbonyl (C=O) groups is 1. The Kier molecular flexibility index (Phi) is 3.53. The molecule has 1 aliphatic rings. The van der Waals surface area contributed by atoms with Gasteiger partial charge in [-0.1, -0.05) is 37.1 Å². The Bertz CT molecular complexity index is 687. The van der Waals surface area contributed by atoms with Crippen LogP contribution in [0.1, 0.15) is 53.6 Å². The zero-order valence-electron chi connectivity index (χ0n) is 12.8. The molecule has 21 heavy (non-hydrogen) atoms. The van der Waals surface area contributed by atoms with Crippen LogP contribution in [0.3, 0.4) is 0 Å². The number of benzene rings is 1. The van der Waals surface area contributed by atoms with Crippen LogP contribution in [0.2, 0.25) is 0 Å². The van der Waals surface area contributed by atoms with E-state index < -0.39 is 0 Å². The number of carbonyl (C=O) groups excluding carboxylic acids is 1. The third-order valence-corrected chi connectivity index (χ3v) is 4.19. The number of hydrogen-bond acceptors (Lipinski definition) is 2. The summed E-state index contributed by atoms with van der Waals surface area (Å²) in [7, 11) is 0. The summed E-state index contributed by atoms with van der Waals surface area (Å²) in [4.78, 5) is 12.0. The number of anilines is 1. The largest absolute Gasteiger partial charge is 0.309 e. The van der Waals surface area contributed by atoms with E-state index in [9.17, 15) is 4.79 Å². The molecule has 1 amide bonds. The van der Waals surface area contributed by atoms with Crippen molar-refractivity contribution in [1.82, 2.24) is 10.2 Å². The zero-order valence-corrected chi connectivity index (χ0v) is 12.8. The predicted octanol–water partition coefficient (Wildman–Crippen LogP) is 3.45. The molecule has 4 heteroatoms. The molecule has 0 unspecified atom stereocenters. The van der Waals surface area contributed by atoms with Crippen molar-refractivity contribution in [1.29, 1.82) is 0 Å². The number of amides is 1. The summed E-state index contributed by atoms with van der Waals surface area (Å²) in [6, 6.07) is 6.45. The lowest BCUT2D eigenvalue weighted by Gasteiger charge is -2.25. The van der Waals surface area contributed by atoms with Crippen LogP contribution in [0.4, 0.5) is 5.82 Å². The first-order valence-electron chi connectivity index (χ1n) is 7.54. The quantitative estimate of drug-likeness (QED) is 0.906. The molecule has 4 nitrogen and oxygen atoms in total. The summed E-state index contributed by atoms with van der Waals surface area (Å²) in [5.41, 5.74) is 6.02. The monoisotopic (exact) mass is 283 g/mol. The van der Waals surface area contributed by atoms with Crippen molar-refractivity contribution in [3.05, 3.63) is 46.1 Å². The maximum Gasteiger partial charge on any atom is 0.226 e. The van der Waals surface area contributed by atoms with Gasteiger partial charge >= 0.3 is 0 Å². The van der Waals surface area contributed by atoms with Gasteiger partial charge in [0.1, 0.15) is 0 Å². The van der Waals surface area contributed by atoms with Gasteiger partial charge < -0.3 is 5.32 Å². The molecule has 2 heterocycles. The maximum atomic E-state index is 12.0. The highest BCUT2D eigenvalue weighted by Crippen LogP contribution is 2.39. The highest BCUT2D eigenvalue weighted by atomic mass is 16.1. The Morgan fingerprint density at radius 2 is 2.14 bits per heavy atom. The summed E-state index contributed by atoms with van der Waals surface area (Å²) in [6.07, 6.45) is 2.51. The topological polar surface area (TPSA) is 57.8 Å². The van der Waals surface area contributed by atoms with Gasteiger partial charge in [0.15, 0.2) is 5.82 Å². The standard InChI is InChI=1S/C17H21N3O/c1-4-5-14-16-13(9-15(21)18-17(16)20-19-14)12-8-10(2)6-7-11(12)3/h6-8,13H,4-5,9H2,1-3H3,(H2,18,19,20,21)/t13-/m1/s1. The van der Waals surface area contributed by atoms with Gasteiger partial charge in [-0.05, 0) is 31.4 Å². The second kappa shape index (κ2) is 5.35. The molecular formula is C17H21N3O. The second-order valence-corrected chi connectivity index (χ2v) is 5.88. The highest BCUT2D eigenvalue weighted by molar-refractivity contribution is 5.94. The van der Waals surface area contributed by atoms with Crippen LogP contribution in [-0.2, 0) is 11.2 Å². The number of aryl methyl sites for hydroxylation is 3. The minimum absolute atomic E-state index is 0.0444. The van der Waals surface area contributed by atoms with E-state index in [4.69, 9.17) is 0 Å². The van der Waals surface area contributed by atoms with Gasteiger partial charge in [-0.15, -0.1) is 0 Å². The number of fused-ring (bicyclic) bond motifs is 1. The van der Waals surface area contributed by atoms with Crippen molar-refractivity contribution in [2.75, 3.05) is 5.32 Å². The van der Waals surface area contributed by atoms with Crippen LogP contribution in [0, 0.1) is 13.8 Å².